The van der Waals surface area contributed by atoms with Crippen LogP contribution >= 0.6 is 0 Å². The summed E-state index contributed by atoms with van der Waals surface area (Å²) in [6.07, 6.45) is 5.43. The van der Waals surface area contributed by atoms with Gasteiger partial charge in [0, 0.05) is 25.0 Å². The molecule has 1 rings (SSSR count). The third kappa shape index (κ3) is 2.61. The van der Waals surface area contributed by atoms with Gasteiger partial charge < -0.3 is 9.67 Å². The van der Waals surface area contributed by atoms with E-state index < -0.39 is 0 Å². The number of aliphatic hydroxyl groups excluding tert-OH is 1. The van der Waals surface area contributed by atoms with Crippen LogP contribution in [0.3, 0.4) is 0 Å². The molecule has 0 fully saturated rings. The van der Waals surface area contributed by atoms with E-state index in [9.17, 15) is 0 Å². The lowest BCUT2D eigenvalue weighted by Crippen LogP contribution is -1.99. The van der Waals surface area contributed by atoms with Gasteiger partial charge in [-0.3, -0.25) is 0 Å². The van der Waals surface area contributed by atoms with Gasteiger partial charge in [-0.05, 0) is 51.2 Å². The molecule has 0 saturated heterocycles. The zero-order valence-corrected chi connectivity index (χ0v) is 9.51. The lowest BCUT2D eigenvalue weighted by atomic mass is 10.2. The number of aromatic nitrogens is 1. The molecule has 0 aliphatic heterocycles. The van der Waals surface area contributed by atoms with Crippen LogP contribution < -0.4 is 0 Å². The number of hydrogen-bond acceptors (Lipinski definition) is 1. The zero-order chi connectivity index (χ0) is 10.6. The fourth-order valence-electron chi connectivity index (χ4n) is 1.73. The first-order chi connectivity index (χ1) is 6.66. The van der Waals surface area contributed by atoms with Crippen LogP contribution in [-0.4, -0.2) is 16.3 Å². The predicted octanol–water partition coefficient (Wildman–Crippen LogP) is 2.58. The Balaban J connectivity index is 2.47. The molecule has 14 heavy (non-hydrogen) atoms. The van der Waals surface area contributed by atoms with Crippen LogP contribution in [0.4, 0.5) is 0 Å². The average Bonchev–Trinajstić information content (AvgIpc) is 2.41. The van der Waals surface area contributed by atoms with Gasteiger partial charge in [-0.25, -0.2) is 0 Å². The highest BCUT2D eigenvalue weighted by molar-refractivity contribution is 5.28. The van der Waals surface area contributed by atoms with E-state index in [1.807, 2.05) is 0 Å². The first-order valence-corrected chi connectivity index (χ1v) is 5.40. The average molecular weight is 195 g/mol. The first-order valence-electron chi connectivity index (χ1n) is 5.40. The molecule has 0 spiro atoms. The Labute approximate surface area is 86.6 Å². The predicted molar refractivity (Wildman–Crippen MR) is 59.6 cm³/mol. The van der Waals surface area contributed by atoms with Crippen LogP contribution in [0.25, 0.3) is 0 Å². The molecule has 1 aromatic heterocycles. The molecule has 0 amide bonds. The molecule has 0 unspecified atom stereocenters. The monoisotopic (exact) mass is 195 g/mol. The third-order valence-electron chi connectivity index (χ3n) is 2.97. The smallest absolute Gasteiger partial charge is 0.0431 e. The van der Waals surface area contributed by atoms with Crippen molar-refractivity contribution in [3.63, 3.8) is 0 Å². The molecular formula is C12H21NO. The van der Waals surface area contributed by atoms with Gasteiger partial charge in [-0.2, -0.15) is 0 Å². The molecule has 0 aromatic carbocycles. The summed E-state index contributed by atoms with van der Waals surface area (Å²) in [5.74, 6) is 0. The first kappa shape index (κ1) is 11.3. The van der Waals surface area contributed by atoms with Crippen LogP contribution in [0, 0.1) is 20.8 Å². The van der Waals surface area contributed by atoms with Gasteiger partial charge in [0.2, 0.25) is 0 Å². The lowest BCUT2D eigenvalue weighted by molar-refractivity contribution is 0.282. The topological polar surface area (TPSA) is 25.2 Å². The van der Waals surface area contributed by atoms with E-state index in [1.54, 1.807) is 0 Å². The van der Waals surface area contributed by atoms with E-state index in [2.05, 4.69) is 31.5 Å². The molecule has 2 nitrogen and oxygen atoms in total. The molecule has 1 N–H and O–H groups in total. The molecule has 2 heteroatoms. The molecule has 0 radical (unpaired) electrons. The second-order valence-electron chi connectivity index (χ2n) is 4.00. The molecule has 0 saturated carbocycles. The van der Waals surface area contributed by atoms with Crippen LogP contribution in [0.1, 0.15) is 36.1 Å². The SMILES string of the molecule is Cc1cn(CCCCCO)c(C)c1C. The number of aryl methyl sites for hydroxylation is 2. The molecule has 0 aliphatic carbocycles. The summed E-state index contributed by atoms with van der Waals surface area (Å²) in [4.78, 5) is 0. The van der Waals surface area contributed by atoms with E-state index >= 15 is 0 Å². The van der Waals surface area contributed by atoms with Crippen molar-refractivity contribution in [3.05, 3.63) is 23.0 Å². The van der Waals surface area contributed by atoms with Gasteiger partial charge in [0.25, 0.3) is 0 Å². The maximum atomic E-state index is 8.66. The fraction of sp³-hybridized carbons (Fsp3) is 0.667. The number of aliphatic hydroxyl groups is 1. The van der Waals surface area contributed by atoms with E-state index in [-0.39, 0.29) is 0 Å². The zero-order valence-electron chi connectivity index (χ0n) is 9.51. The van der Waals surface area contributed by atoms with Crippen molar-refractivity contribution in [2.75, 3.05) is 6.61 Å². The summed E-state index contributed by atoms with van der Waals surface area (Å²) in [5.41, 5.74) is 4.17. The molecule has 80 valence electrons. The Kier molecular flexibility index (Phi) is 4.21. The highest BCUT2D eigenvalue weighted by atomic mass is 16.2. The van der Waals surface area contributed by atoms with Crippen molar-refractivity contribution >= 4 is 0 Å². The largest absolute Gasteiger partial charge is 0.396 e. The molecule has 0 bridgehead atoms. The van der Waals surface area contributed by atoms with Crippen molar-refractivity contribution < 1.29 is 5.11 Å². The van der Waals surface area contributed by atoms with Crippen molar-refractivity contribution in [2.45, 2.75) is 46.6 Å². The summed E-state index contributed by atoms with van der Waals surface area (Å²) >= 11 is 0. The minimum Gasteiger partial charge on any atom is -0.396 e. The number of rotatable bonds is 5. The number of nitrogens with zero attached hydrogens (tertiary/aromatic N) is 1. The summed E-state index contributed by atoms with van der Waals surface area (Å²) < 4.78 is 2.32. The van der Waals surface area contributed by atoms with Crippen molar-refractivity contribution in [1.29, 1.82) is 0 Å². The molecule has 1 aromatic rings. The van der Waals surface area contributed by atoms with Gasteiger partial charge in [-0.1, -0.05) is 0 Å². The van der Waals surface area contributed by atoms with Crippen molar-refractivity contribution in [2.24, 2.45) is 0 Å². The summed E-state index contributed by atoms with van der Waals surface area (Å²) in [5, 5.41) is 8.66. The Hall–Kier alpha value is -0.760. The van der Waals surface area contributed by atoms with E-state index in [1.165, 1.54) is 16.8 Å². The van der Waals surface area contributed by atoms with E-state index in [0.717, 1.165) is 25.8 Å². The second-order valence-corrected chi connectivity index (χ2v) is 4.00. The van der Waals surface area contributed by atoms with Crippen molar-refractivity contribution in [1.82, 2.24) is 4.57 Å². The molecular weight excluding hydrogens is 174 g/mol. The van der Waals surface area contributed by atoms with Gasteiger partial charge in [0.15, 0.2) is 0 Å². The van der Waals surface area contributed by atoms with Crippen LogP contribution in [0.15, 0.2) is 6.20 Å². The normalized spacial score (nSPS) is 10.9. The van der Waals surface area contributed by atoms with Gasteiger partial charge in [0.1, 0.15) is 0 Å². The summed E-state index contributed by atoms with van der Waals surface area (Å²) in [6.45, 7) is 7.92. The van der Waals surface area contributed by atoms with Crippen molar-refractivity contribution in [3.8, 4) is 0 Å². The molecule has 0 aliphatic rings. The third-order valence-corrected chi connectivity index (χ3v) is 2.97. The van der Waals surface area contributed by atoms with E-state index in [0.29, 0.717) is 6.61 Å². The minimum absolute atomic E-state index is 0.322. The van der Waals surface area contributed by atoms with Gasteiger partial charge in [0.05, 0.1) is 0 Å². The Morgan fingerprint density at radius 3 is 2.36 bits per heavy atom. The minimum atomic E-state index is 0.322. The quantitative estimate of drug-likeness (QED) is 0.718. The van der Waals surface area contributed by atoms with Gasteiger partial charge in [-0.15, -0.1) is 0 Å². The summed E-state index contributed by atoms with van der Waals surface area (Å²) in [7, 11) is 0. The van der Waals surface area contributed by atoms with Gasteiger partial charge >= 0.3 is 0 Å². The fourth-order valence-corrected chi connectivity index (χ4v) is 1.73. The Morgan fingerprint density at radius 1 is 1.14 bits per heavy atom. The highest BCUT2D eigenvalue weighted by Crippen LogP contribution is 2.15. The van der Waals surface area contributed by atoms with Crippen LogP contribution in [0.5, 0.6) is 0 Å². The Morgan fingerprint density at radius 2 is 1.86 bits per heavy atom. The van der Waals surface area contributed by atoms with Crippen LogP contribution in [0.2, 0.25) is 0 Å². The maximum Gasteiger partial charge on any atom is 0.0431 e. The Bertz CT molecular complexity index is 289. The molecule has 0 atom stereocenters. The maximum absolute atomic E-state index is 8.66. The van der Waals surface area contributed by atoms with Crippen LogP contribution in [-0.2, 0) is 6.54 Å². The number of unbranched alkanes of at least 4 members (excludes halogenated alkanes) is 2. The summed E-state index contributed by atoms with van der Waals surface area (Å²) in [6, 6.07) is 0. The van der Waals surface area contributed by atoms with E-state index in [4.69, 9.17) is 5.11 Å². The number of hydrogen-bond donors (Lipinski definition) is 1. The second kappa shape index (κ2) is 5.20. The highest BCUT2D eigenvalue weighted by Gasteiger charge is 2.03. The lowest BCUT2D eigenvalue weighted by Gasteiger charge is -2.05. The molecule has 1 heterocycles. The standard InChI is InChI=1S/C12H21NO/c1-10-9-13(12(3)11(10)2)7-5-4-6-8-14/h9,14H,4-8H2,1-3H3.